The van der Waals surface area contributed by atoms with Crippen molar-refractivity contribution in [3.63, 3.8) is 0 Å². The molecule has 1 aromatic heterocycles. The van der Waals surface area contributed by atoms with Gasteiger partial charge in [0.15, 0.2) is 11.5 Å². The Labute approximate surface area is 180 Å². The van der Waals surface area contributed by atoms with Crippen LogP contribution in [0.5, 0.6) is 17.2 Å². The summed E-state index contributed by atoms with van der Waals surface area (Å²) in [6, 6.07) is 17.5. The van der Waals surface area contributed by atoms with E-state index in [4.69, 9.17) is 14.2 Å². The van der Waals surface area contributed by atoms with Crippen molar-refractivity contribution in [1.29, 1.82) is 0 Å². The molecule has 4 aromatic rings. The van der Waals surface area contributed by atoms with E-state index in [1.54, 1.807) is 18.5 Å². The Morgan fingerprint density at radius 1 is 0.871 bits per heavy atom. The topological polar surface area (TPSA) is 91.7 Å². The number of nitrogens with one attached hydrogen (secondary N) is 1. The third-order valence-corrected chi connectivity index (χ3v) is 6.15. The maximum absolute atomic E-state index is 13.2. The van der Waals surface area contributed by atoms with E-state index in [2.05, 4.69) is 9.71 Å². The first kappa shape index (κ1) is 20.5. The molecule has 0 aliphatic heterocycles. The maximum atomic E-state index is 13.2. The number of methoxy groups -OCH3 is 3. The van der Waals surface area contributed by atoms with Crippen molar-refractivity contribution in [2.24, 2.45) is 0 Å². The number of anilines is 1. The van der Waals surface area contributed by atoms with E-state index in [1.807, 2.05) is 41.0 Å². The molecule has 1 N–H and O–H groups in total. The molecule has 0 saturated heterocycles. The van der Waals surface area contributed by atoms with Gasteiger partial charge in [0.1, 0.15) is 6.33 Å². The normalized spacial score (nSPS) is 11.3. The van der Waals surface area contributed by atoms with Gasteiger partial charge in [-0.1, -0.05) is 24.3 Å². The van der Waals surface area contributed by atoms with Crippen LogP contribution in [0.25, 0.3) is 16.7 Å². The first-order valence-electron chi connectivity index (χ1n) is 9.33. The van der Waals surface area contributed by atoms with Gasteiger partial charge in [0.2, 0.25) is 5.75 Å². The standard InChI is InChI=1S/C22H21N3O5S/c1-28-20-12-15(13-21(29-2)22(20)30-3)31(26,27)24-17-9-5-7-11-19(17)25-14-23-16-8-4-6-10-18(16)25/h4-14,24H,1-3H3. The van der Waals surface area contributed by atoms with Gasteiger partial charge in [0, 0.05) is 12.1 Å². The summed E-state index contributed by atoms with van der Waals surface area (Å²) in [6.45, 7) is 0. The highest BCUT2D eigenvalue weighted by molar-refractivity contribution is 7.92. The van der Waals surface area contributed by atoms with Crippen LogP contribution in [0.15, 0.2) is 71.9 Å². The summed E-state index contributed by atoms with van der Waals surface area (Å²) in [5.74, 6) is 0.807. The minimum Gasteiger partial charge on any atom is -0.493 e. The number of imidazole rings is 1. The molecular weight excluding hydrogens is 418 g/mol. The van der Waals surface area contributed by atoms with E-state index < -0.39 is 10.0 Å². The van der Waals surface area contributed by atoms with Gasteiger partial charge in [-0.25, -0.2) is 13.4 Å². The van der Waals surface area contributed by atoms with Crippen LogP contribution in [-0.2, 0) is 10.0 Å². The highest BCUT2D eigenvalue weighted by Crippen LogP contribution is 2.40. The van der Waals surface area contributed by atoms with Gasteiger partial charge in [-0.15, -0.1) is 0 Å². The van der Waals surface area contributed by atoms with E-state index in [0.29, 0.717) is 17.1 Å². The maximum Gasteiger partial charge on any atom is 0.262 e. The Morgan fingerprint density at radius 3 is 2.19 bits per heavy atom. The molecule has 31 heavy (non-hydrogen) atoms. The predicted molar refractivity (Wildman–Crippen MR) is 118 cm³/mol. The first-order valence-corrected chi connectivity index (χ1v) is 10.8. The molecular formula is C22H21N3O5S. The van der Waals surface area contributed by atoms with Gasteiger partial charge in [-0.05, 0) is 24.3 Å². The highest BCUT2D eigenvalue weighted by atomic mass is 32.2. The zero-order valence-electron chi connectivity index (χ0n) is 17.2. The fraction of sp³-hybridized carbons (Fsp3) is 0.136. The van der Waals surface area contributed by atoms with E-state index >= 15 is 0 Å². The van der Waals surface area contributed by atoms with Crippen LogP contribution in [-0.4, -0.2) is 39.3 Å². The summed E-state index contributed by atoms with van der Waals surface area (Å²) < 4.78 is 46.8. The van der Waals surface area contributed by atoms with Gasteiger partial charge in [0.25, 0.3) is 10.0 Å². The Bertz CT molecular complexity index is 1320. The van der Waals surface area contributed by atoms with E-state index in [0.717, 1.165) is 11.0 Å². The van der Waals surface area contributed by atoms with Crippen molar-refractivity contribution in [2.45, 2.75) is 4.90 Å². The second-order valence-corrected chi connectivity index (χ2v) is 8.27. The first-order chi connectivity index (χ1) is 15.0. The lowest BCUT2D eigenvalue weighted by Crippen LogP contribution is -2.15. The SMILES string of the molecule is COc1cc(S(=O)(=O)Nc2ccccc2-n2cnc3ccccc32)cc(OC)c1OC. The minimum absolute atomic E-state index is 0.0210. The number of benzene rings is 3. The highest BCUT2D eigenvalue weighted by Gasteiger charge is 2.22. The van der Waals surface area contributed by atoms with Crippen molar-refractivity contribution < 1.29 is 22.6 Å². The van der Waals surface area contributed by atoms with Gasteiger partial charge in [-0.3, -0.25) is 9.29 Å². The summed E-state index contributed by atoms with van der Waals surface area (Å²) in [5, 5.41) is 0. The van der Waals surface area contributed by atoms with Crippen molar-refractivity contribution in [3.8, 4) is 22.9 Å². The predicted octanol–water partition coefficient (Wildman–Crippen LogP) is 3.85. The Hall–Kier alpha value is -3.72. The van der Waals surface area contributed by atoms with Gasteiger partial charge in [0.05, 0.1) is 48.6 Å². The molecule has 0 unspecified atom stereocenters. The largest absolute Gasteiger partial charge is 0.493 e. The smallest absolute Gasteiger partial charge is 0.262 e. The fourth-order valence-electron chi connectivity index (χ4n) is 3.34. The molecule has 0 aliphatic rings. The average Bonchev–Trinajstić information content (AvgIpc) is 3.22. The Kier molecular flexibility index (Phi) is 5.43. The molecule has 0 bridgehead atoms. The second kappa shape index (κ2) is 8.19. The molecule has 0 spiro atoms. The number of para-hydroxylation sites is 4. The molecule has 0 saturated carbocycles. The quantitative estimate of drug-likeness (QED) is 0.470. The van der Waals surface area contributed by atoms with E-state index in [-0.39, 0.29) is 16.4 Å². The molecule has 0 amide bonds. The lowest BCUT2D eigenvalue weighted by molar-refractivity contribution is 0.323. The summed E-state index contributed by atoms with van der Waals surface area (Å²) in [7, 11) is 0.349. The van der Waals surface area contributed by atoms with Crippen LogP contribution in [0.4, 0.5) is 5.69 Å². The number of hydrogen-bond donors (Lipinski definition) is 1. The van der Waals surface area contributed by atoms with Gasteiger partial charge >= 0.3 is 0 Å². The Balaban J connectivity index is 1.79. The molecule has 3 aromatic carbocycles. The second-order valence-electron chi connectivity index (χ2n) is 6.59. The molecule has 0 fully saturated rings. The summed E-state index contributed by atoms with van der Waals surface area (Å²) in [5.41, 5.74) is 2.72. The molecule has 160 valence electrons. The van der Waals surface area contributed by atoms with Gasteiger partial charge in [-0.2, -0.15) is 0 Å². The Morgan fingerprint density at radius 2 is 1.52 bits per heavy atom. The zero-order valence-corrected chi connectivity index (χ0v) is 18.0. The van der Waals surface area contributed by atoms with Crippen LogP contribution < -0.4 is 18.9 Å². The van der Waals surface area contributed by atoms with Crippen molar-refractivity contribution in [3.05, 3.63) is 67.0 Å². The molecule has 8 nitrogen and oxygen atoms in total. The molecule has 0 radical (unpaired) electrons. The average molecular weight is 439 g/mol. The number of fused-ring (bicyclic) bond motifs is 1. The number of sulfonamides is 1. The number of aromatic nitrogens is 2. The van der Waals surface area contributed by atoms with Crippen LogP contribution in [0.2, 0.25) is 0 Å². The van der Waals surface area contributed by atoms with Crippen molar-refractivity contribution >= 4 is 26.7 Å². The number of rotatable bonds is 7. The molecule has 1 heterocycles. The van der Waals surface area contributed by atoms with Crippen LogP contribution in [0, 0.1) is 0 Å². The van der Waals surface area contributed by atoms with Crippen molar-refractivity contribution in [2.75, 3.05) is 26.1 Å². The third kappa shape index (κ3) is 3.75. The molecule has 4 rings (SSSR count). The lowest BCUT2D eigenvalue weighted by Gasteiger charge is -2.16. The zero-order chi connectivity index (χ0) is 22.0. The lowest BCUT2D eigenvalue weighted by atomic mass is 10.2. The van der Waals surface area contributed by atoms with E-state index in [9.17, 15) is 8.42 Å². The molecule has 9 heteroatoms. The monoisotopic (exact) mass is 439 g/mol. The number of ether oxygens (including phenoxy) is 3. The number of nitrogens with zero attached hydrogens (tertiary/aromatic N) is 2. The molecule has 0 atom stereocenters. The summed E-state index contributed by atoms with van der Waals surface area (Å²) >= 11 is 0. The van der Waals surface area contributed by atoms with Gasteiger partial charge < -0.3 is 14.2 Å². The van der Waals surface area contributed by atoms with Crippen LogP contribution in [0.3, 0.4) is 0 Å². The minimum atomic E-state index is -3.97. The van der Waals surface area contributed by atoms with E-state index in [1.165, 1.54) is 33.5 Å². The summed E-state index contributed by atoms with van der Waals surface area (Å²) in [4.78, 5) is 4.37. The fourth-order valence-corrected chi connectivity index (χ4v) is 4.44. The third-order valence-electron chi connectivity index (χ3n) is 4.81. The van der Waals surface area contributed by atoms with Crippen molar-refractivity contribution in [1.82, 2.24) is 9.55 Å². The number of hydrogen-bond acceptors (Lipinski definition) is 6. The molecule has 0 aliphatic carbocycles. The van der Waals surface area contributed by atoms with Crippen LogP contribution in [0.1, 0.15) is 0 Å². The summed E-state index contributed by atoms with van der Waals surface area (Å²) in [6.07, 6.45) is 1.66. The van der Waals surface area contributed by atoms with Crippen LogP contribution >= 0.6 is 0 Å².